The molecule has 8 nitrogen and oxygen atoms in total. The van der Waals surface area contributed by atoms with E-state index in [1.165, 1.54) is 12.1 Å². The predicted molar refractivity (Wildman–Crippen MR) is 144 cm³/mol. The van der Waals surface area contributed by atoms with E-state index in [9.17, 15) is 18.6 Å². The Kier molecular flexibility index (Phi) is 9.61. The van der Waals surface area contributed by atoms with Crippen molar-refractivity contribution in [1.82, 2.24) is 5.32 Å². The summed E-state index contributed by atoms with van der Waals surface area (Å²) in [7, 11) is -0.371. The van der Waals surface area contributed by atoms with Crippen LogP contribution in [0.5, 0.6) is 17.2 Å². The minimum Gasteiger partial charge on any atom is -0.506 e. The molecule has 0 aliphatic heterocycles. The monoisotopic (exact) mass is 578 g/mol. The van der Waals surface area contributed by atoms with Gasteiger partial charge < -0.3 is 25.0 Å². The molecule has 2 atom stereocenters. The third-order valence-corrected chi connectivity index (χ3v) is 6.98. The maximum absolute atomic E-state index is 11.6. The highest BCUT2D eigenvalue weighted by atomic mass is 79.9. The van der Waals surface area contributed by atoms with E-state index in [2.05, 4.69) is 26.0 Å². The first kappa shape index (κ1) is 27.8. The van der Waals surface area contributed by atoms with Gasteiger partial charge in [-0.25, -0.2) is 8.42 Å². The average Bonchev–Trinajstić information content (AvgIpc) is 2.83. The van der Waals surface area contributed by atoms with Gasteiger partial charge >= 0.3 is 0 Å². The molecule has 0 bridgehead atoms. The van der Waals surface area contributed by atoms with Crippen molar-refractivity contribution >= 4 is 31.6 Å². The van der Waals surface area contributed by atoms with E-state index in [-0.39, 0.29) is 30.4 Å². The van der Waals surface area contributed by atoms with Gasteiger partial charge in [0.05, 0.1) is 32.3 Å². The summed E-state index contributed by atoms with van der Waals surface area (Å²) < 4.78 is 37.2. The summed E-state index contributed by atoms with van der Waals surface area (Å²) in [6.45, 7) is 0.277. The van der Waals surface area contributed by atoms with Crippen molar-refractivity contribution in [3.05, 3.63) is 81.8 Å². The molecule has 3 rings (SSSR count). The molecular weight excluding hydrogens is 548 g/mol. The van der Waals surface area contributed by atoms with Crippen molar-refractivity contribution in [1.29, 1.82) is 0 Å². The Hall–Kier alpha value is -2.79. The zero-order valence-corrected chi connectivity index (χ0v) is 22.8. The topological polar surface area (TPSA) is 117 Å². The van der Waals surface area contributed by atoms with Gasteiger partial charge in [0.25, 0.3) is 0 Å². The lowest BCUT2D eigenvalue weighted by atomic mass is 9.97. The molecular formula is C26H31BrN2O6S. The first-order chi connectivity index (χ1) is 17.1. The van der Waals surface area contributed by atoms with E-state index in [4.69, 9.17) is 9.47 Å². The number of aromatic hydroxyl groups is 1. The number of benzene rings is 3. The molecule has 3 aromatic carbocycles. The maximum Gasteiger partial charge on any atom is 0.229 e. The van der Waals surface area contributed by atoms with Gasteiger partial charge in [0.15, 0.2) is 11.5 Å². The van der Waals surface area contributed by atoms with Crippen LogP contribution in [0.4, 0.5) is 5.69 Å². The molecule has 0 saturated carbocycles. The fourth-order valence-electron chi connectivity index (χ4n) is 3.88. The van der Waals surface area contributed by atoms with Crippen LogP contribution in [0, 0.1) is 0 Å². The van der Waals surface area contributed by atoms with Crippen LogP contribution in [-0.2, 0) is 22.9 Å². The van der Waals surface area contributed by atoms with E-state index < -0.39 is 16.1 Å². The van der Waals surface area contributed by atoms with E-state index in [1.54, 1.807) is 20.3 Å². The second-order valence-electron chi connectivity index (χ2n) is 8.45. The number of anilines is 1. The largest absolute Gasteiger partial charge is 0.506 e. The van der Waals surface area contributed by atoms with Crippen LogP contribution in [0.15, 0.2) is 65.1 Å². The minimum atomic E-state index is -3.55. The zero-order chi connectivity index (χ0) is 26.3. The van der Waals surface area contributed by atoms with Gasteiger partial charge in [0.1, 0.15) is 5.75 Å². The quantitative estimate of drug-likeness (QED) is 0.240. The zero-order valence-electron chi connectivity index (χ0n) is 20.4. The minimum absolute atomic E-state index is 0.0762. The number of nitrogens with one attached hydrogen (secondary N) is 2. The molecule has 36 heavy (non-hydrogen) atoms. The first-order valence-electron chi connectivity index (χ1n) is 11.3. The molecule has 0 aromatic heterocycles. The molecule has 0 spiro atoms. The number of phenols is 1. The molecule has 2 unspecified atom stereocenters. The average molecular weight is 580 g/mol. The Balaban J connectivity index is 1.77. The highest BCUT2D eigenvalue weighted by molar-refractivity contribution is 9.10. The van der Waals surface area contributed by atoms with Gasteiger partial charge in [0.2, 0.25) is 10.0 Å². The number of methoxy groups -OCH3 is 2. The predicted octanol–water partition coefficient (Wildman–Crippen LogP) is 4.02. The van der Waals surface area contributed by atoms with Gasteiger partial charge in [-0.05, 0) is 59.9 Å². The van der Waals surface area contributed by atoms with Crippen LogP contribution >= 0.6 is 15.9 Å². The second-order valence-corrected chi connectivity index (χ2v) is 11.1. The third-order valence-electron chi connectivity index (χ3n) is 5.62. The molecule has 10 heteroatoms. The van der Waals surface area contributed by atoms with E-state index in [0.29, 0.717) is 23.5 Å². The highest BCUT2D eigenvalue weighted by Crippen LogP contribution is 2.32. The molecule has 0 aliphatic rings. The van der Waals surface area contributed by atoms with Gasteiger partial charge in [-0.3, -0.25) is 4.72 Å². The molecule has 0 amide bonds. The Morgan fingerprint density at radius 1 is 0.972 bits per heavy atom. The summed E-state index contributed by atoms with van der Waals surface area (Å²) >= 11 is 3.61. The number of halogens is 1. The Bertz CT molecular complexity index is 1290. The highest BCUT2D eigenvalue weighted by Gasteiger charge is 2.18. The van der Waals surface area contributed by atoms with E-state index in [0.717, 1.165) is 21.9 Å². The van der Waals surface area contributed by atoms with Gasteiger partial charge in [-0.1, -0.05) is 46.3 Å². The Labute approximate surface area is 220 Å². The molecule has 0 aliphatic carbocycles. The summed E-state index contributed by atoms with van der Waals surface area (Å²) in [5.41, 5.74) is 2.84. The lowest BCUT2D eigenvalue weighted by Crippen LogP contribution is -2.32. The maximum atomic E-state index is 11.6. The fourth-order valence-corrected chi connectivity index (χ4v) is 4.89. The van der Waals surface area contributed by atoms with Crippen LogP contribution in [0.25, 0.3) is 0 Å². The number of ether oxygens (including phenoxy) is 2. The van der Waals surface area contributed by atoms with Crippen molar-refractivity contribution in [2.75, 3.05) is 31.7 Å². The lowest BCUT2D eigenvalue weighted by molar-refractivity contribution is 0.167. The smallest absolute Gasteiger partial charge is 0.229 e. The first-order valence-corrected chi connectivity index (χ1v) is 13.9. The van der Waals surface area contributed by atoms with Gasteiger partial charge in [0, 0.05) is 17.1 Å². The van der Waals surface area contributed by atoms with Crippen molar-refractivity contribution in [2.45, 2.75) is 25.0 Å². The van der Waals surface area contributed by atoms with Crippen LogP contribution in [0.2, 0.25) is 0 Å². The summed E-state index contributed by atoms with van der Waals surface area (Å²) in [6, 6.07) is 18.1. The molecule has 3 aromatic rings. The van der Waals surface area contributed by atoms with Crippen LogP contribution in [-0.4, -0.2) is 51.8 Å². The summed E-state index contributed by atoms with van der Waals surface area (Å²) in [5.74, 6) is 1.06. The number of aliphatic hydroxyl groups excluding tert-OH is 1. The normalized spacial score (nSPS) is 13.1. The number of sulfonamides is 1. The van der Waals surface area contributed by atoms with Gasteiger partial charge in [-0.2, -0.15) is 0 Å². The molecule has 0 fully saturated rings. The number of hydrogen-bond donors (Lipinski definition) is 4. The van der Waals surface area contributed by atoms with Gasteiger partial charge in [-0.15, -0.1) is 0 Å². The van der Waals surface area contributed by atoms with Crippen LogP contribution < -0.4 is 19.5 Å². The summed E-state index contributed by atoms with van der Waals surface area (Å²) in [5, 5.41) is 24.2. The fraction of sp³-hybridized carbons (Fsp3) is 0.308. The van der Waals surface area contributed by atoms with Crippen LogP contribution in [0.1, 0.15) is 22.7 Å². The van der Waals surface area contributed by atoms with Crippen molar-refractivity contribution in [3.63, 3.8) is 0 Å². The second kappa shape index (κ2) is 12.4. The SMILES string of the molecule is COc1ccc(C(Cc2ccccc2Br)NCC(O)Cc2ccc(O)c(NS(C)(=O)=O)c2)cc1OC. The molecule has 0 radical (unpaired) electrons. The standard InChI is InChI=1S/C26H31BrN2O6S/c1-34-25-11-9-19(15-26(25)35-2)22(14-18-6-4-5-7-21(18)27)28-16-20(30)12-17-8-10-24(31)23(13-17)29-36(3,32)33/h4-11,13,15,20,22,28-31H,12,14,16H2,1-3H3. The number of aliphatic hydroxyl groups is 1. The molecule has 0 saturated heterocycles. The van der Waals surface area contributed by atoms with E-state index in [1.807, 2.05) is 42.5 Å². The molecule has 4 N–H and O–H groups in total. The summed E-state index contributed by atoms with van der Waals surface area (Å²) in [4.78, 5) is 0. The number of phenolic OH excluding ortho intramolecular Hbond substituents is 1. The molecule has 194 valence electrons. The van der Waals surface area contributed by atoms with Crippen molar-refractivity contribution in [3.8, 4) is 17.2 Å². The van der Waals surface area contributed by atoms with Crippen molar-refractivity contribution in [2.24, 2.45) is 0 Å². The Morgan fingerprint density at radius 3 is 2.36 bits per heavy atom. The lowest BCUT2D eigenvalue weighted by Gasteiger charge is -2.23. The number of rotatable bonds is 12. The van der Waals surface area contributed by atoms with Crippen molar-refractivity contribution < 1.29 is 28.1 Å². The molecule has 0 heterocycles. The number of hydrogen-bond acceptors (Lipinski definition) is 7. The summed E-state index contributed by atoms with van der Waals surface area (Å²) in [6.07, 6.45) is 1.17. The Morgan fingerprint density at radius 2 is 1.69 bits per heavy atom. The van der Waals surface area contributed by atoms with E-state index >= 15 is 0 Å². The van der Waals surface area contributed by atoms with Crippen LogP contribution in [0.3, 0.4) is 0 Å². The third kappa shape index (κ3) is 7.86.